The van der Waals surface area contributed by atoms with Crippen molar-refractivity contribution in [2.75, 3.05) is 13.1 Å². The first-order chi connectivity index (χ1) is 6.65. The Morgan fingerprint density at radius 3 is 2.00 bits per heavy atom. The predicted octanol–water partition coefficient (Wildman–Crippen LogP) is 2.56. The molecule has 0 bridgehead atoms. The summed E-state index contributed by atoms with van der Waals surface area (Å²) in [6.45, 7) is 8.97. The molecule has 0 aromatic heterocycles. The van der Waals surface area contributed by atoms with Crippen LogP contribution in [0.2, 0.25) is 0 Å². The van der Waals surface area contributed by atoms with E-state index in [0.717, 1.165) is 25.9 Å². The van der Waals surface area contributed by atoms with Gasteiger partial charge in [0, 0.05) is 12.5 Å². The normalized spacial score (nSPS) is 13.1. The average Bonchev–Trinajstić information content (AvgIpc) is 2.13. The zero-order valence-corrected chi connectivity index (χ0v) is 10.6. The molecular formula is C11H24N2S. The Morgan fingerprint density at radius 2 is 1.71 bits per heavy atom. The summed E-state index contributed by atoms with van der Waals surface area (Å²) in [5, 5.41) is 0. The highest BCUT2D eigenvalue weighted by Gasteiger charge is 2.15. The van der Waals surface area contributed by atoms with Crippen molar-refractivity contribution < 1.29 is 0 Å². The molecule has 0 heterocycles. The van der Waals surface area contributed by atoms with E-state index in [0.29, 0.717) is 11.0 Å². The van der Waals surface area contributed by atoms with Gasteiger partial charge < -0.3 is 10.6 Å². The van der Waals surface area contributed by atoms with Crippen LogP contribution in [0.1, 0.15) is 46.5 Å². The van der Waals surface area contributed by atoms with Crippen molar-refractivity contribution in [1.82, 2.24) is 4.90 Å². The summed E-state index contributed by atoms with van der Waals surface area (Å²) in [7, 11) is 0. The van der Waals surface area contributed by atoms with Crippen molar-refractivity contribution in [3.8, 4) is 0 Å². The minimum Gasteiger partial charge on any atom is -0.393 e. The molecule has 0 saturated heterocycles. The van der Waals surface area contributed by atoms with E-state index in [2.05, 4.69) is 25.7 Å². The van der Waals surface area contributed by atoms with E-state index in [1.165, 1.54) is 12.8 Å². The SMILES string of the molecule is CCCN(CCC)C(CC)CC(N)=S. The number of nitrogens with two attached hydrogens (primary N) is 1. The summed E-state index contributed by atoms with van der Waals surface area (Å²) in [4.78, 5) is 3.16. The zero-order valence-electron chi connectivity index (χ0n) is 9.75. The molecule has 84 valence electrons. The molecule has 0 spiro atoms. The monoisotopic (exact) mass is 216 g/mol. The number of rotatable bonds is 8. The number of thiocarbonyl (C=S) groups is 1. The van der Waals surface area contributed by atoms with Crippen molar-refractivity contribution in [3.63, 3.8) is 0 Å². The van der Waals surface area contributed by atoms with Crippen LogP contribution in [0.4, 0.5) is 0 Å². The third-order valence-corrected chi connectivity index (χ3v) is 2.61. The lowest BCUT2D eigenvalue weighted by Crippen LogP contribution is -2.38. The Bertz CT molecular complexity index is 153. The lowest BCUT2D eigenvalue weighted by atomic mass is 10.1. The first-order valence-corrected chi connectivity index (χ1v) is 6.08. The molecule has 0 fully saturated rings. The van der Waals surface area contributed by atoms with Crippen LogP contribution in [0.3, 0.4) is 0 Å². The van der Waals surface area contributed by atoms with Crippen LogP contribution >= 0.6 is 12.2 Å². The highest BCUT2D eigenvalue weighted by Crippen LogP contribution is 2.10. The largest absolute Gasteiger partial charge is 0.393 e. The van der Waals surface area contributed by atoms with Gasteiger partial charge in [0.05, 0.1) is 4.99 Å². The third kappa shape index (κ3) is 5.55. The Hall–Kier alpha value is -0.150. The van der Waals surface area contributed by atoms with E-state index in [1.807, 2.05) is 0 Å². The number of nitrogens with zero attached hydrogens (tertiary/aromatic N) is 1. The average molecular weight is 216 g/mol. The molecule has 0 aromatic rings. The van der Waals surface area contributed by atoms with E-state index in [1.54, 1.807) is 0 Å². The standard InChI is InChI=1S/C11H24N2S/c1-4-7-13(8-5-2)10(6-3)9-11(12)14/h10H,4-9H2,1-3H3,(H2,12,14). The van der Waals surface area contributed by atoms with Gasteiger partial charge in [-0.2, -0.15) is 0 Å². The van der Waals surface area contributed by atoms with Crippen molar-refractivity contribution in [2.24, 2.45) is 5.73 Å². The lowest BCUT2D eigenvalue weighted by molar-refractivity contribution is 0.195. The Balaban J connectivity index is 4.16. The second kappa shape index (κ2) is 8.18. The maximum atomic E-state index is 5.60. The predicted molar refractivity (Wildman–Crippen MR) is 67.6 cm³/mol. The summed E-state index contributed by atoms with van der Waals surface area (Å²) in [6, 6.07) is 0.549. The molecule has 14 heavy (non-hydrogen) atoms. The van der Waals surface area contributed by atoms with E-state index in [-0.39, 0.29) is 0 Å². The van der Waals surface area contributed by atoms with Gasteiger partial charge in [0.15, 0.2) is 0 Å². The second-order valence-corrected chi connectivity index (χ2v) is 4.29. The highest BCUT2D eigenvalue weighted by molar-refractivity contribution is 7.80. The first kappa shape index (κ1) is 13.8. The quantitative estimate of drug-likeness (QED) is 0.632. The second-order valence-electron chi connectivity index (χ2n) is 3.77. The fourth-order valence-electron chi connectivity index (χ4n) is 1.82. The number of hydrogen-bond acceptors (Lipinski definition) is 2. The van der Waals surface area contributed by atoms with Gasteiger partial charge in [-0.1, -0.05) is 33.0 Å². The maximum absolute atomic E-state index is 5.60. The van der Waals surface area contributed by atoms with Gasteiger partial charge in [0.1, 0.15) is 0 Å². The number of hydrogen-bond donors (Lipinski definition) is 1. The van der Waals surface area contributed by atoms with E-state index >= 15 is 0 Å². The topological polar surface area (TPSA) is 29.3 Å². The molecule has 1 atom stereocenters. The van der Waals surface area contributed by atoms with Gasteiger partial charge in [-0.3, -0.25) is 0 Å². The molecule has 2 N–H and O–H groups in total. The Kier molecular flexibility index (Phi) is 8.09. The van der Waals surface area contributed by atoms with Gasteiger partial charge in [0.25, 0.3) is 0 Å². The minimum atomic E-state index is 0.549. The zero-order chi connectivity index (χ0) is 11.0. The summed E-state index contributed by atoms with van der Waals surface area (Å²) in [5.74, 6) is 0. The fraction of sp³-hybridized carbons (Fsp3) is 0.909. The van der Waals surface area contributed by atoms with Gasteiger partial charge in [-0.25, -0.2) is 0 Å². The highest BCUT2D eigenvalue weighted by atomic mass is 32.1. The summed E-state index contributed by atoms with van der Waals surface area (Å²) in [5.41, 5.74) is 5.60. The van der Waals surface area contributed by atoms with Gasteiger partial charge in [0.2, 0.25) is 0 Å². The van der Waals surface area contributed by atoms with E-state index < -0.39 is 0 Å². The molecule has 0 rings (SSSR count). The van der Waals surface area contributed by atoms with E-state index in [9.17, 15) is 0 Å². The molecule has 0 radical (unpaired) electrons. The molecule has 0 aromatic carbocycles. The summed E-state index contributed by atoms with van der Waals surface area (Å²) < 4.78 is 0. The van der Waals surface area contributed by atoms with Gasteiger partial charge >= 0.3 is 0 Å². The van der Waals surface area contributed by atoms with Crippen LogP contribution in [-0.4, -0.2) is 29.0 Å². The van der Waals surface area contributed by atoms with Crippen LogP contribution in [-0.2, 0) is 0 Å². The lowest BCUT2D eigenvalue weighted by Gasteiger charge is -2.30. The molecule has 3 heteroatoms. The Labute approximate surface area is 93.8 Å². The molecule has 0 aliphatic rings. The molecule has 0 aliphatic carbocycles. The molecule has 2 nitrogen and oxygen atoms in total. The molecule has 0 saturated carbocycles. The summed E-state index contributed by atoms with van der Waals surface area (Å²) >= 11 is 4.98. The smallest absolute Gasteiger partial charge is 0.0743 e. The molecule has 1 unspecified atom stereocenters. The van der Waals surface area contributed by atoms with Gasteiger partial charge in [-0.05, 0) is 32.4 Å². The van der Waals surface area contributed by atoms with Crippen LogP contribution in [0, 0.1) is 0 Å². The van der Waals surface area contributed by atoms with E-state index in [4.69, 9.17) is 18.0 Å². The fourth-order valence-corrected chi connectivity index (χ4v) is 2.01. The molecule has 0 aliphatic heterocycles. The van der Waals surface area contributed by atoms with Crippen molar-refractivity contribution in [2.45, 2.75) is 52.5 Å². The minimum absolute atomic E-state index is 0.549. The van der Waals surface area contributed by atoms with Crippen molar-refractivity contribution >= 4 is 17.2 Å². The molecular weight excluding hydrogens is 192 g/mol. The van der Waals surface area contributed by atoms with Crippen LogP contribution in [0.15, 0.2) is 0 Å². The van der Waals surface area contributed by atoms with Crippen LogP contribution < -0.4 is 5.73 Å². The van der Waals surface area contributed by atoms with Crippen molar-refractivity contribution in [1.29, 1.82) is 0 Å². The maximum Gasteiger partial charge on any atom is 0.0743 e. The summed E-state index contributed by atoms with van der Waals surface area (Å²) in [6.07, 6.45) is 4.41. The first-order valence-electron chi connectivity index (χ1n) is 5.67. The Morgan fingerprint density at radius 1 is 1.21 bits per heavy atom. The van der Waals surface area contributed by atoms with Gasteiger partial charge in [-0.15, -0.1) is 0 Å². The van der Waals surface area contributed by atoms with Crippen molar-refractivity contribution in [3.05, 3.63) is 0 Å². The third-order valence-electron chi connectivity index (χ3n) is 2.45. The van der Waals surface area contributed by atoms with Crippen LogP contribution in [0.5, 0.6) is 0 Å². The molecule has 0 amide bonds. The van der Waals surface area contributed by atoms with Crippen LogP contribution in [0.25, 0.3) is 0 Å².